The Morgan fingerprint density at radius 2 is 2.08 bits per heavy atom. The minimum atomic E-state index is -0.170. The molecule has 0 radical (unpaired) electrons. The minimum absolute atomic E-state index is 0.0127. The summed E-state index contributed by atoms with van der Waals surface area (Å²) in [5, 5.41) is 7.63. The minimum Gasteiger partial charge on any atom is -0.463 e. The monoisotopic (exact) mass is 336 g/mol. The Hall–Kier alpha value is -2.86. The van der Waals surface area contributed by atoms with Gasteiger partial charge in [0.05, 0.1) is 12.0 Å². The van der Waals surface area contributed by atoms with E-state index < -0.39 is 0 Å². The Labute approximate surface area is 145 Å². The molecule has 1 amide bonds. The molecule has 0 spiro atoms. The van der Waals surface area contributed by atoms with Gasteiger partial charge in [-0.1, -0.05) is 18.2 Å². The van der Waals surface area contributed by atoms with Crippen LogP contribution in [0.25, 0.3) is 17.1 Å². The fourth-order valence-corrected chi connectivity index (χ4v) is 2.96. The first kappa shape index (κ1) is 15.7. The molecular weight excluding hydrogens is 316 g/mol. The normalized spacial score (nSPS) is 15.1. The first-order valence-corrected chi connectivity index (χ1v) is 8.46. The van der Waals surface area contributed by atoms with Gasteiger partial charge in [0.25, 0.3) is 5.91 Å². The van der Waals surface area contributed by atoms with Crippen LogP contribution < -0.4 is 11.1 Å². The number of carbonyl (C=O) groups excluding carboxylic acids is 1. The van der Waals surface area contributed by atoms with Crippen LogP contribution in [0.3, 0.4) is 0 Å². The van der Waals surface area contributed by atoms with Crippen LogP contribution in [0.15, 0.2) is 59.2 Å². The van der Waals surface area contributed by atoms with Crippen LogP contribution >= 0.6 is 0 Å². The third-order valence-electron chi connectivity index (χ3n) is 4.48. The second-order valence-electron chi connectivity index (χ2n) is 6.29. The van der Waals surface area contributed by atoms with E-state index >= 15 is 0 Å². The topological polar surface area (TPSA) is 86.1 Å². The summed E-state index contributed by atoms with van der Waals surface area (Å²) < 4.78 is 7.07. The van der Waals surface area contributed by atoms with Gasteiger partial charge in [-0.3, -0.25) is 4.79 Å². The summed E-state index contributed by atoms with van der Waals surface area (Å²) in [6.45, 7) is 0.445. The van der Waals surface area contributed by atoms with E-state index in [0.717, 1.165) is 18.5 Å². The fourth-order valence-electron chi connectivity index (χ4n) is 2.96. The Morgan fingerprint density at radius 3 is 2.72 bits per heavy atom. The van der Waals surface area contributed by atoms with Crippen LogP contribution in [0.5, 0.6) is 0 Å². The molecule has 0 saturated heterocycles. The third-order valence-corrected chi connectivity index (χ3v) is 4.48. The Bertz CT molecular complexity index is 851. The molecule has 6 nitrogen and oxygen atoms in total. The molecule has 0 aliphatic heterocycles. The van der Waals surface area contributed by atoms with Crippen molar-refractivity contribution >= 4 is 5.91 Å². The maximum Gasteiger partial charge on any atom is 0.270 e. The SMILES string of the molecule is NCC(NC(=O)c1cc(-c2ccco2)nn1-c1ccccc1)C1CC1. The Morgan fingerprint density at radius 1 is 1.28 bits per heavy atom. The number of rotatable bonds is 6. The highest BCUT2D eigenvalue weighted by molar-refractivity contribution is 5.94. The summed E-state index contributed by atoms with van der Waals surface area (Å²) in [5.41, 5.74) is 7.73. The molecule has 1 aliphatic rings. The van der Waals surface area contributed by atoms with Gasteiger partial charge in [0.1, 0.15) is 11.4 Å². The summed E-state index contributed by atoms with van der Waals surface area (Å²) in [5.74, 6) is 0.949. The third kappa shape index (κ3) is 3.21. The first-order chi connectivity index (χ1) is 12.3. The number of carbonyl (C=O) groups is 1. The van der Waals surface area contributed by atoms with Gasteiger partial charge in [-0.25, -0.2) is 4.68 Å². The van der Waals surface area contributed by atoms with Crippen molar-refractivity contribution in [3.63, 3.8) is 0 Å². The number of nitrogens with zero attached hydrogens (tertiary/aromatic N) is 2. The number of hydrogen-bond acceptors (Lipinski definition) is 4. The van der Waals surface area contributed by atoms with Gasteiger partial charge >= 0.3 is 0 Å². The number of amides is 1. The average molecular weight is 336 g/mol. The van der Waals surface area contributed by atoms with E-state index in [1.807, 2.05) is 36.4 Å². The van der Waals surface area contributed by atoms with E-state index in [2.05, 4.69) is 10.4 Å². The molecule has 0 bridgehead atoms. The van der Waals surface area contributed by atoms with Crippen LogP contribution in [0.2, 0.25) is 0 Å². The quantitative estimate of drug-likeness (QED) is 0.724. The van der Waals surface area contributed by atoms with Gasteiger partial charge in [0.15, 0.2) is 5.76 Å². The highest BCUT2D eigenvalue weighted by atomic mass is 16.3. The van der Waals surface area contributed by atoms with Crippen molar-refractivity contribution < 1.29 is 9.21 Å². The molecule has 1 aromatic carbocycles. The molecule has 1 unspecified atom stereocenters. The lowest BCUT2D eigenvalue weighted by Gasteiger charge is -2.16. The van der Waals surface area contributed by atoms with Crippen LogP contribution in [-0.2, 0) is 0 Å². The van der Waals surface area contributed by atoms with Gasteiger partial charge in [0, 0.05) is 18.7 Å². The molecule has 3 N–H and O–H groups in total. The molecule has 1 aliphatic carbocycles. The lowest BCUT2D eigenvalue weighted by Crippen LogP contribution is -2.42. The number of furan rings is 1. The van der Waals surface area contributed by atoms with Gasteiger partial charge < -0.3 is 15.5 Å². The molecule has 2 aromatic heterocycles. The summed E-state index contributed by atoms with van der Waals surface area (Å²) in [6.07, 6.45) is 3.84. The molecule has 3 aromatic rings. The van der Waals surface area contributed by atoms with E-state index in [9.17, 15) is 4.79 Å². The zero-order valence-electron chi connectivity index (χ0n) is 13.8. The predicted octanol–water partition coefficient (Wildman–Crippen LogP) is 2.60. The second-order valence-corrected chi connectivity index (χ2v) is 6.29. The number of hydrogen-bond donors (Lipinski definition) is 2. The van der Waals surface area contributed by atoms with Crippen LogP contribution in [0.1, 0.15) is 23.3 Å². The Kier molecular flexibility index (Phi) is 4.11. The van der Waals surface area contributed by atoms with Crippen molar-refractivity contribution in [2.24, 2.45) is 11.7 Å². The lowest BCUT2D eigenvalue weighted by molar-refractivity contribution is 0.0925. The number of aromatic nitrogens is 2. The fraction of sp³-hybridized carbons (Fsp3) is 0.263. The molecule has 1 atom stereocenters. The summed E-state index contributed by atoms with van der Waals surface area (Å²) >= 11 is 0. The van der Waals surface area contributed by atoms with Crippen molar-refractivity contribution in [1.29, 1.82) is 0 Å². The zero-order valence-corrected chi connectivity index (χ0v) is 13.8. The van der Waals surface area contributed by atoms with E-state index in [4.69, 9.17) is 10.2 Å². The average Bonchev–Trinajstić information content (AvgIpc) is 3.16. The zero-order chi connectivity index (χ0) is 17.2. The maximum atomic E-state index is 12.9. The first-order valence-electron chi connectivity index (χ1n) is 8.46. The van der Waals surface area contributed by atoms with Gasteiger partial charge in [-0.15, -0.1) is 0 Å². The molecule has 6 heteroatoms. The standard InChI is InChI=1S/C19H20N4O2/c20-12-16(13-8-9-13)21-19(24)17-11-15(18-7-4-10-25-18)22-23(17)14-5-2-1-3-6-14/h1-7,10-11,13,16H,8-9,12,20H2,(H,21,24). The van der Waals surface area contributed by atoms with Crippen molar-refractivity contribution in [3.8, 4) is 17.1 Å². The highest BCUT2D eigenvalue weighted by Gasteiger charge is 2.32. The molecule has 2 heterocycles. The highest BCUT2D eigenvalue weighted by Crippen LogP contribution is 2.32. The Balaban J connectivity index is 1.70. The van der Waals surface area contributed by atoms with Crippen molar-refractivity contribution in [2.75, 3.05) is 6.54 Å². The number of benzene rings is 1. The van der Waals surface area contributed by atoms with E-state index in [0.29, 0.717) is 29.6 Å². The van der Waals surface area contributed by atoms with Crippen LogP contribution in [-0.4, -0.2) is 28.3 Å². The molecule has 25 heavy (non-hydrogen) atoms. The maximum absolute atomic E-state index is 12.9. The van der Waals surface area contributed by atoms with Gasteiger partial charge in [0.2, 0.25) is 0 Å². The number of nitrogens with one attached hydrogen (secondary N) is 1. The molecule has 1 saturated carbocycles. The van der Waals surface area contributed by atoms with Crippen LogP contribution in [0.4, 0.5) is 0 Å². The van der Waals surface area contributed by atoms with Crippen molar-refractivity contribution in [3.05, 3.63) is 60.5 Å². The summed E-state index contributed by atoms with van der Waals surface area (Å²) in [7, 11) is 0. The lowest BCUT2D eigenvalue weighted by atomic mass is 10.2. The van der Waals surface area contributed by atoms with Crippen molar-refractivity contribution in [2.45, 2.75) is 18.9 Å². The van der Waals surface area contributed by atoms with Gasteiger partial charge in [-0.05, 0) is 43.0 Å². The van der Waals surface area contributed by atoms with E-state index in [1.54, 1.807) is 23.1 Å². The van der Waals surface area contributed by atoms with E-state index in [-0.39, 0.29) is 11.9 Å². The van der Waals surface area contributed by atoms with Gasteiger partial charge in [-0.2, -0.15) is 5.10 Å². The second kappa shape index (κ2) is 6.57. The number of para-hydroxylation sites is 1. The van der Waals surface area contributed by atoms with Crippen molar-refractivity contribution in [1.82, 2.24) is 15.1 Å². The largest absolute Gasteiger partial charge is 0.463 e. The molecule has 1 fully saturated rings. The smallest absolute Gasteiger partial charge is 0.270 e. The summed E-state index contributed by atoms with van der Waals surface area (Å²) in [6, 6.07) is 15.0. The summed E-state index contributed by atoms with van der Waals surface area (Å²) in [4.78, 5) is 12.9. The molecular formula is C19H20N4O2. The van der Waals surface area contributed by atoms with Crippen LogP contribution in [0, 0.1) is 5.92 Å². The van der Waals surface area contributed by atoms with E-state index in [1.165, 1.54) is 0 Å². The molecule has 4 rings (SSSR count). The predicted molar refractivity (Wildman–Crippen MR) is 94.3 cm³/mol. The number of nitrogens with two attached hydrogens (primary N) is 1. The molecule has 128 valence electrons.